The standard InChI is InChI=1S/C41H46BrN10O4P/c1-25(2)52-14-11-34-29(22-46-50(34)3)28-20-33(37(56-6)21-35(28)52)48-41-45-23-30(42)40(49-41)47-32-10-9-31-38(44-13-12-43-31)39(32)57(53)17-15-51(16-18-57)24-26-7-8-27(54-4)19-36(26)55-5/h7-10,12-13,19-23,25H,11,14-18,24H2,1-6H3,(H2,45,47,48,49). The predicted molar refractivity (Wildman–Crippen MR) is 229 cm³/mol. The van der Waals surface area contributed by atoms with Crippen LogP contribution in [0.2, 0.25) is 0 Å². The van der Waals surface area contributed by atoms with Gasteiger partial charge in [-0.25, -0.2) is 4.98 Å². The number of nitrogens with zero attached hydrogens (tertiary/aromatic N) is 8. The summed E-state index contributed by atoms with van der Waals surface area (Å²) in [6.45, 7) is 7.24. The number of benzene rings is 3. The van der Waals surface area contributed by atoms with Gasteiger partial charge in [-0.3, -0.25) is 19.5 Å². The van der Waals surface area contributed by atoms with E-state index in [2.05, 4.69) is 77.4 Å². The van der Waals surface area contributed by atoms with Gasteiger partial charge in [0.05, 0.1) is 54.2 Å². The number of rotatable bonds is 11. The maximum atomic E-state index is 15.2. The van der Waals surface area contributed by atoms with E-state index >= 15 is 4.57 Å². The molecule has 6 aromatic rings. The Morgan fingerprint density at radius 2 is 1.65 bits per heavy atom. The van der Waals surface area contributed by atoms with E-state index < -0.39 is 7.14 Å². The molecular formula is C41H46BrN10O4P. The van der Waals surface area contributed by atoms with Crippen molar-refractivity contribution in [3.63, 3.8) is 0 Å². The number of methoxy groups -OCH3 is 3. The van der Waals surface area contributed by atoms with E-state index in [0.29, 0.717) is 76.0 Å². The van der Waals surface area contributed by atoms with Gasteiger partial charge in [0.15, 0.2) is 0 Å². The van der Waals surface area contributed by atoms with E-state index in [-0.39, 0.29) is 6.04 Å². The molecule has 5 heterocycles. The molecule has 3 aromatic carbocycles. The van der Waals surface area contributed by atoms with Crippen LogP contribution in [-0.2, 0) is 24.6 Å². The molecule has 1 fully saturated rings. The van der Waals surface area contributed by atoms with Crippen LogP contribution in [0.25, 0.3) is 22.2 Å². The monoisotopic (exact) mass is 852 g/mol. The summed E-state index contributed by atoms with van der Waals surface area (Å²) >= 11 is 3.67. The number of ether oxygens (including phenoxy) is 3. The Labute approximate surface area is 340 Å². The van der Waals surface area contributed by atoms with Crippen molar-refractivity contribution in [2.75, 3.05) is 68.8 Å². The average Bonchev–Trinajstić information content (AvgIpc) is 3.50. The molecule has 2 N–H and O–H groups in total. The van der Waals surface area contributed by atoms with Crippen molar-refractivity contribution < 1.29 is 18.8 Å². The minimum atomic E-state index is -2.96. The number of aromatic nitrogens is 6. The number of halogens is 1. The molecule has 0 amide bonds. The molecule has 14 nitrogen and oxygen atoms in total. The zero-order valence-corrected chi connectivity index (χ0v) is 35.4. The van der Waals surface area contributed by atoms with Crippen molar-refractivity contribution in [2.45, 2.75) is 32.9 Å². The molecule has 57 heavy (non-hydrogen) atoms. The third-order valence-electron chi connectivity index (χ3n) is 10.9. The Hall–Kier alpha value is -5.24. The molecule has 8 rings (SSSR count). The molecule has 0 atom stereocenters. The first-order valence-electron chi connectivity index (χ1n) is 18.9. The van der Waals surface area contributed by atoms with Gasteiger partial charge < -0.3 is 34.3 Å². The Bertz CT molecular complexity index is 2500. The second kappa shape index (κ2) is 16.0. The van der Waals surface area contributed by atoms with E-state index in [9.17, 15) is 0 Å². The minimum absolute atomic E-state index is 0.288. The van der Waals surface area contributed by atoms with Crippen LogP contribution in [0.5, 0.6) is 17.2 Å². The first kappa shape index (κ1) is 38.6. The highest BCUT2D eigenvalue weighted by molar-refractivity contribution is 9.10. The van der Waals surface area contributed by atoms with E-state index in [1.165, 1.54) is 5.69 Å². The van der Waals surface area contributed by atoms with Crippen LogP contribution in [0.4, 0.5) is 28.8 Å². The normalized spacial score (nSPS) is 15.2. The Kier molecular flexibility index (Phi) is 10.8. The summed E-state index contributed by atoms with van der Waals surface area (Å²) in [4.78, 5) is 23.6. The molecule has 3 aromatic heterocycles. The smallest absolute Gasteiger partial charge is 0.229 e. The second-order valence-electron chi connectivity index (χ2n) is 14.6. The first-order valence-corrected chi connectivity index (χ1v) is 21.8. The van der Waals surface area contributed by atoms with Gasteiger partial charge in [-0.1, -0.05) is 6.07 Å². The van der Waals surface area contributed by atoms with Gasteiger partial charge in [0.2, 0.25) is 5.95 Å². The molecule has 0 saturated carbocycles. The number of hydrogen-bond acceptors (Lipinski definition) is 13. The Balaban J connectivity index is 1.10. The van der Waals surface area contributed by atoms with Crippen LogP contribution in [0.15, 0.2) is 71.7 Å². The Morgan fingerprint density at radius 3 is 2.40 bits per heavy atom. The molecule has 1 saturated heterocycles. The highest BCUT2D eigenvalue weighted by Crippen LogP contribution is 2.50. The average molecular weight is 854 g/mol. The van der Waals surface area contributed by atoms with Crippen LogP contribution >= 0.6 is 23.1 Å². The first-order chi connectivity index (χ1) is 27.6. The fourth-order valence-electron chi connectivity index (χ4n) is 7.89. The summed E-state index contributed by atoms with van der Waals surface area (Å²) in [7, 11) is 4.00. The van der Waals surface area contributed by atoms with Gasteiger partial charge in [0, 0.05) is 117 Å². The van der Waals surface area contributed by atoms with Crippen molar-refractivity contribution in [1.29, 1.82) is 0 Å². The summed E-state index contributed by atoms with van der Waals surface area (Å²) in [6.07, 6.45) is 8.79. The van der Waals surface area contributed by atoms with Crippen LogP contribution in [0.1, 0.15) is 25.1 Å². The van der Waals surface area contributed by atoms with Crippen molar-refractivity contribution in [3.8, 4) is 28.4 Å². The largest absolute Gasteiger partial charge is 0.497 e. The van der Waals surface area contributed by atoms with Gasteiger partial charge >= 0.3 is 0 Å². The van der Waals surface area contributed by atoms with E-state index in [4.69, 9.17) is 24.2 Å². The topological polar surface area (TPSA) is 145 Å². The van der Waals surface area contributed by atoms with Crippen molar-refractivity contribution in [1.82, 2.24) is 34.6 Å². The third kappa shape index (κ3) is 7.51. The molecular weight excluding hydrogens is 807 g/mol. The van der Waals surface area contributed by atoms with Crippen molar-refractivity contribution in [3.05, 3.63) is 83.0 Å². The molecule has 0 bridgehead atoms. The zero-order chi connectivity index (χ0) is 39.8. The fraction of sp³-hybridized carbons (Fsp3) is 0.341. The van der Waals surface area contributed by atoms with E-state index in [1.54, 1.807) is 39.9 Å². The number of aryl methyl sites for hydroxylation is 1. The molecule has 0 aliphatic carbocycles. The molecule has 0 radical (unpaired) electrons. The van der Waals surface area contributed by atoms with Crippen LogP contribution < -0.4 is 35.0 Å². The lowest BCUT2D eigenvalue weighted by Gasteiger charge is -2.33. The van der Waals surface area contributed by atoms with Gasteiger partial charge in [-0.15, -0.1) is 0 Å². The molecule has 16 heteroatoms. The maximum absolute atomic E-state index is 15.2. The number of fused-ring (bicyclic) bond motifs is 4. The molecule has 0 spiro atoms. The second-order valence-corrected chi connectivity index (χ2v) is 18.5. The molecule has 2 aliphatic heterocycles. The SMILES string of the molecule is COc1ccc(CN2CCP(=O)(c3c(Nc4nc(Nc5cc6c(cc5OC)N(C(C)C)CCc5c-6cnn5C)ncc4Br)ccc4nccnc34)CC2)c(OC)c1. The van der Waals surface area contributed by atoms with Gasteiger partial charge in [0.25, 0.3) is 0 Å². The number of hydrogen-bond donors (Lipinski definition) is 2. The lowest BCUT2D eigenvalue weighted by Crippen LogP contribution is -2.37. The lowest BCUT2D eigenvalue weighted by molar-refractivity contribution is 0.281. The van der Waals surface area contributed by atoms with E-state index in [0.717, 1.165) is 52.5 Å². The summed E-state index contributed by atoms with van der Waals surface area (Å²) in [5.74, 6) is 3.03. The zero-order valence-electron chi connectivity index (χ0n) is 32.9. The van der Waals surface area contributed by atoms with E-state index in [1.807, 2.05) is 48.3 Å². The summed E-state index contributed by atoms with van der Waals surface area (Å²) in [5.41, 5.74) is 8.17. The van der Waals surface area contributed by atoms with Crippen LogP contribution in [-0.4, -0.2) is 93.9 Å². The number of nitrogens with one attached hydrogen (secondary N) is 2. The highest BCUT2D eigenvalue weighted by atomic mass is 79.9. The summed E-state index contributed by atoms with van der Waals surface area (Å²) in [6, 6.07) is 14.1. The van der Waals surface area contributed by atoms with Gasteiger partial charge in [0.1, 0.15) is 35.7 Å². The summed E-state index contributed by atoms with van der Waals surface area (Å²) in [5, 5.41) is 12.2. The molecule has 2 aliphatic rings. The van der Waals surface area contributed by atoms with Crippen LogP contribution in [0, 0.1) is 0 Å². The number of anilines is 5. The Morgan fingerprint density at radius 1 is 0.860 bits per heavy atom. The highest BCUT2D eigenvalue weighted by Gasteiger charge is 2.35. The third-order valence-corrected chi connectivity index (χ3v) is 14.6. The van der Waals surface area contributed by atoms with Crippen LogP contribution in [0.3, 0.4) is 0 Å². The summed E-state index contributed by atoms with van der Waals surface area (Å²) < 4.78 is 34.8. The maximum Gasteiger partial charge on any atom is 0.229 e. The lowest BCUT2D eigenvalue weighted by atomic mass is 10.0. The van der Waals surface area contributed by atoms with Gasteiger partial charge in [-0.05, 0) is 54.0 Å². The van der Waals surface area contributed by atoms with Crippen molar-refractivity contribution >= 4 is 68.2 Å². The minimum Gasteiger partial charge on any atom is -0.497 e. The van der Waals surface area contributed by atoms with Crippen molar-refractivity contribution in [2.24, 2.45) is 7.05 Å². The quantitative estimate of drug-likeness (QED) is 0.125. The predicted octanol–water partition coefficient (Wildman–Crippen LogP) is 7.37. The fourth-order valence-corrected chi connectivity index (χ4v) is 11.2. The molecule has 0 unspecified atom stereocenters. The molecule has 296 valence electrons. The van der Waals surface area contributed by atoms with Gasteiger partial charge in [-0.2, -0.15) is 10.1 Å².